The fraction of sp³-hybridized carbons (Fsp3) is 0.667. The van der Waals surface area contributed by atoms with Gasteiger partial charge >= 0.3 is 6.09 Å². The van der Waals surface area contributed by atoms with Crippen LogP contribution in [0.15, 0.2) is 5.38 Å². The zero-order valence-electron chi connectivity index (χ0n) is 14.2. The Kier molecular flexibility index (Phi) is 5.26. The second kappa shape index (κ2) is 6.84. The minimum Gasteiger partial charge on any atom is -0.444 e. The molecule has 128 valence electrons. The molecule has 1 aliphatic heterocycles. The standard InChI is InChI=1S/C15H23N3O4S/c1-15(2,3)22-14(20)18-8-6-7-11(18)12-16-10(9-23-12)13(19)17(4)21-5/h9,11H,6-8H2,1-5H3/t11-/m0/s1. The SMILES string of the molecule is CON(C)C(=O)c1csc([C@@H]2CCCN2C(=O)OC(C)(C)C)n1. The lowest BCUT2D eigenvalue weighted by molar-refractivity contribution is -0.0760. The molecule has 0 saturated carbocycles. The zero-order chi connectivity index (χ0) is 17.2. The minimum atomic E-state index is -0.532. The smallest absolute Gasteiger partial charge is 0.410 e. The molecule has 0 unspecified atom stereocenters. The van der Waals surface area contributed by atoms with Crippen LogP contribution in [0.4, 0.5) is 4.79 Å². The predicted molar refractivity (Wildman–Crippen MR) is 86.1 cm³/mol. The summed E-state index contributed by atoms with van der Waals surface area (Å²) in [6.07, 6.45) is 1.38. The Morgan fingerprint density at radius 1 is 1.43 bits per heavy atom. The Morgan fingerprint density at radius 3 is 2.74 bits per heavy atom. The molecule has 2 heterocycles. The van der Waals surface area contributed by atoms with Gasteiger partial charge in [0, 0.05) is 19.0 Å². The van der Waals surface area contributed by atoms with Crippen molar-refractivity contribution in [1.82, 2.24) is 14.9 Å². The van der Waals surface area contributed by atoms with Crippen molar-refractivity contribution >= 4 is 23.3 Å². The van der Waals surface area contributed by atoms with Crippen molar-refractivity contribution in [3.05, 3.63) is 16.1 Å². The highest BCUT2D eigenvalue weighted by Crippen LogP contribution is 2.34. The number of hydrogen-bond donors (Lipinski definition) is 0. The van der Waals surface area contributed by atoms with E-state index in [1.807, 2.05) is 20.8 Å². The Hall–Kier alpha value is -1.67. The average Bonchev–Trinajstić information content (AvgIpc) is 3.11. The molecular formula is C15H23N3O4S. The highest BCUT2D eigenvalue weighted by molar-refractivity contribution is 7.09. The van der Waals surface area contributed by atoms with Crippen LogP contribution in [-0.4, -0.2) is 53.3 Å². The number of rotatable bonds is 3. The maximum absolute atomic E-state index is 12.3. The summed E-state index contributed by atoms with van der Waals surface area (Å²) in [5.74, 6) is -0.309. The van der Waals surface area contributed by atoms with Gasteiger partial charge in [0.15, 0.2) is 0 Å². The van der Waals surface area contributed by atoms with E-state index in [0.29, 0.717) is 12.2 Å². The number of aromatic nitrogens is 1. The molecule has 0 spiro atoms. The molecule has 7 nitrogen and oxygen atoms in total. The van der Waals surface area contributed by atoms with Crippen LogP contribution in [0.25, 0.3) is 0 Å². The molecule has 1 aliphatic rings. The van der Waals surface area contributed by atoms with Crippen molar-refractivity contribution in [3.8, 4) is 0 Å². The molecule has 0 aromatic carbocycles. The largest absolute Gasteiger partial charge is 0.444 e. The Balaban J connectivity index is 2.13. The number of carbonyl (C=O) groups excluding carboxylic acids is 2. The van der Waals surface area contributed by atoms with E-state index in [0.717, 1.165) is 22.9 Å². The van der Waals surface area contributed by atoms with Gasteiger partial charge in [-0.2, -0.15) is 0 Å². The Bertz CT molecular complexity index is 582. The van der Waals surface area contributed by atoms with Crippen LogP contribution in [0.1, 0.15) is 55.2 Å². The third-order valence-corrected chi connectivity index (χ3v) is 4.41. The van der Waals surface area contributed by atoms with Gasteiger partial charge in [-0.1, -0.05) is 0 Å². The summed E-state index contributed by atoms with van der Waals surface area (Å²) in [4.78, 5) is 35.3. The maximum Gasteiger partial charge on any atom is 0.410 e. The maximum atomic E-state index is 12.3. The lowest BCUT2D eigenvalue weighted by atomic mass is 10.2. The summed E-state index contributed by atoms with van der Waals surface area (Å²) in [6, 6.07) is -0.135. The zero-order valence-corrected chi connectivity index (χ0v) is 15.0. The molecule has 2 rings (SSSR count). The van der Waals surface area contributed by atoms with Crippen LogP contribution in [0.3, 0.4) is 0 Å². The molecule has 23 heavy (non-hydrogen) atoms. The van der Waals surface area contributed by atoms with Crippen LogP contribution in [0, 0.1) is 0 Å². The second-order valence-electron chi connectivity index (χ2n) is 6.39. The first-order valence-corrected chi connectivity index (χ1v) is 8.38. The van der Waals surface area contributed by atoms with E-state index >= 15 is 0 Å². The van der Waals surface area contributed by atoms with E-state index in [1.54, 1.807) is 10.3 Å². The number of hydroxylamine groups is 2. The fourth-order valence-corrected chi connectivity index (χ4v) is 3.28. The van der Waals surface area contributed by atoms with Crippen molar-refractivity contribution in [2.24, 2.45) is 0 Å². The summed E-state index contributed by atoms with van der Waals surface area (Å²) in [5, 5.41) is 3.57. The van der Waals surface area contributed by atoms with Crippen LogP contribution < -0.4 is 0 Å². The molecule has 0 N–H and O–H groups in total. The van der Waals surface area contributed by atoms with Gasteiger partial charge in [0.05, 0.1) is 13.2 Å². The lowest BCUT2D eigenvalue weighted by Crippen LogP contribution is -2.36. The average molecular weight is 341 g/mol. The van der Waals surface area contributed by atoms with Crippen molar-refractivity contribution < 1.29 is 19.2 Å². The summed E-state index contributed by atoms with van der Waals surface area (Å²) in [5.41, 5.74) is -0.208. The number of hydrogen-bond acceptors (Lipinski definition) is 6. The molecule has 1 aromatic rings. The summed E-state index contributed by atoms with van der Waals surface area (Å²) in [6.45, 7) is 6.17. The molecule has 1 fully saturated rings. The van der Waals surface area contributed by atoms with Gasteiger partial charge in [-0.15, -0.1) is 11.3 Å². The Labute approximate surface area is 140 Å². The van der Waals surface area contributed by atoms with Crippen molar-refractivity contribution in [2.45, 2.75) is 45.3 Å². The molecule has 0 radical (unpaired) electrons. The van der Waals surface area contributed by atoms with Crippen molar-refractivity contribution in [2.75, 3.05) is 20.7 Å². The van der Waals surface area contributed by atoms with Crippen LogP contribution in [0.2, 0.25) is 0 Å². The van der Waals surface area contributed by atoms with Crippen LogP contribution in [-0.2, 0) is 9.57 Å². The summed E-state index contributed by atoms with van der Waals surface area (Å²) < 4.78 is 5.45. The molecule has 1 saturated heterocycles. The normalized spacial score (nSPS) is 18.1. The third kappa shape index (κ3) is 4.20. The Morgan fingerprint density at radius 2 is 2.13 bits per heavy atom. The van der Waals surface area contributed by atoms with Crippen molar-refractivity contribution in [3.63, 3.8) is 0 Å². The van der Waals surface area contributed by atoms with Crippen LogP contribution >= 0.6 is 11.3 Å². The number of thiazole rings is 1. The van der Waals surface area contributed by atoms with E-state index < -0.39 is 5.60 Å². The number of likely N-dealkylation sites (tertiary alicyclic amines) is 1. The number of ether oxygens (including phenoxy) is 1. The predicted octanol–water partition coefficient (Wildman–Crippen LogP) is 2.85. The van der Waals surface area contributed by atoms with Gasteiger partial charge < -0.3 is 4.74 Å². The van der Waals surface area contributed by atoms with Gasteiger partial charge in [0.2, 0.25) is 0 Å². The van der Waals surface area contributed by atoms with E-state index in [9.17, 15) is 9.59 Å². The molecule has 0 bridgehead atoms. The van der Waals surface area contributed by atoms with Gasteiger partial charge in [-0.05, 0) is 33.6 Å². The quantitative estimate of drug-likeness (QED) is 0.791. The topological polar surface area (TPSA) is 72.0 Å². The summed E-state index contributed by atoms with van der Waals surface area (Å²) >= 11 is 1.38. The van der Waals surface area contributed by atoms with E-state index in [2.05, 4.69) is 4.98 Å². The number of amides is 2. The third-order valence-electron chi connectivity index (χ3n) is 3.47. The molecule has 8 heteroatoms. The van der Waals surface area contributed by atoms with Gasteiger partial charge in [0.1, 0.15) is 16.3 Å². The molecule has 0 aliphatic carbocycles. The molecule has 2 amide bonds. The molecule has 1 aromatic heterocycles. The van der Waals surface area contributed by atoms with E-state index in [-0.39, 0.29) is 18.0 Å². The first kappa shape index (κ1) is 17.7. The van der Waals surface area contributed by atoms with Gasteiger partial charge in [0.25, 0.3) is 5.91 Å². The van der Waals surface area contributed by atoms with Crippen LogP contribution in [0.5, 0.6) is 0 Å². The van der Waals surface area contributed by atoms with Gasteiger partial charge in [-0.25, -0.2) is 14.8 Å². The number of carbonyl (C=O) groups is 2. The minimum absolute atomic E-state index is 0.135. The molecular weight excluding hydrogens is 318 g/mol. The van der Waals surface area contributed by atoms with E-state index in [1.165, 1.54) is 25.5 Å². The monoisotopic (exact) mass is 341 g/mol. The summed E-state index contributed by atoms with van der Waals surface area (Å²) in [7, 11) is 2.95. The first-order chi connectivity index (χ1) is 10.7. The van der Waals surface area contributed by atoms with Crippen molar-refractivity contribution in [1.29, 1.82) is 0 Å². The first-order valence-electron chi connectivity index (χ1n) is 7.50. The van der Waals surface area contributed by atoms with E-state index in [4.69, 9.17) is 9.57 Å². The fourth-order valence-electron chi connectivity index (χ4n) is 2.35. The second-order valence-corrected chi connectivity index (χ2v) is 7.28. The number of nitrogens with zero attached hydrogens (tertiary/aromatic N) is 3. The lowest BCUT2D eigenvalue weighted by Gasteiger charge is -2.27. The van der Waals surface area contributed by atoms with Gasteiger partial charge in [-0.3, -0.25) is 14.5 Å². The highest BCUT2D eigenvalue weighted by Gasteiger charge is 2.35. The molecule has 1 atom stereocenters. The highest BCUT2D eigenvalue weighted by atomic mass is 32.1.